The topological polar surface area (TPSA) is 60.9 Å². The van der Waals surface area contributed by atoms with Gasteiger partial charge in [-0.05, 0) is 19.9 Å². The number of hydrogen-bond donors (Lipinski definition) is 1. The molecule has 0 aliphatic rings. The highest BCUT2D eigenvalue weighted by Crippen LogP contribution is 2.08. The van der Waals surface area contributed by atoms with Crippen LogP contribution in [0.2, 0.25) is 0 Å². The number of nitrogens with zero attached hydrogens (tertiary/aromatic N) is 2. The van der Waals surface area contributed by atoms with E-state index in [-0.39, 0.29) is 11.2 Å². The van der Waals surface area contributed by atoms with E-state index in [2.05, 4.69) is 4.98 Å². The van der Waals surface area contributed by atoms with Crippen LogP contribution in [0.4, 0.5) is 0 Å². The van der Waals surface area contributed by atoms with Gasteiger partial charge in [-0.15, -0.1) is 0 Å². The monoisotopic (exact) mass is 167 g/mol. The van der Waals surface area contributed by atoms with Crippen molar-refractivity contribution in [3.63, 3.8) is 0 Å². The summed E-state index contributed by atoms with van der Waals surface area (Å²) in [6.45, 7) is 4.21. The van der Waals surface area contributed by atoms with Crippen LogP contribution in [-0.2, 0) is 5.54 Å². The Bertz CT molecular complexity index is 316. The van der Waals surface area contributed by atoms with Crippen LogP contribution in [0.5, 0.6) is 0 Å². The molecule has 12 heavy (non-hydrogen) atoms. The summed E-state index contributed by atoms with van der Waals surface area (Å²) in [5.74, 6) is 0. The Balaban J connectivity index is 3.20. The summed E-state index contributed by atoms with van der Waals surface area (Å²) in [5.41, 5.74) is 4.91. The first-order valence-corrected chi connectivity index (χ1v) is 3.82. The van der Waals surface area contributed by atoms with E-state index >= 15 is 0 Å². The molecule has 1 heterocycles. The second kappa shape index (κ2) is 3.06. The molecule has 0 aliphatic heterocycles. The predicted molar refractivity (Wildman–Crippen MR) is 46.9 cm³/mol. The molecule has 0 unspecified atom stereocenters. The van der Waals surface area contributed by atoms with E-state index in [1.54, 1.807) is 12.3 Å². The third-order valence-electron chi connectivity index (χ3n) is 1.86. The minimum Gasteiger partial charge on any atom is -0.328 e. The van der Waals surface area contributed by atoms with Crippen molar-refractivity contribution in [2.45, 2.75) is 19.4 Å². The molecule has 1 aromatic heterocycles. The van der Waals surface area contributed by atoms with Crippen molar-refractivity contribution in [1.82, 2.24) is 9.55 Å². The van der Waals surface area contributed by atoms with Crippen LogP contribution in [0, 0.1) is 0 Å². The summed E-state index contributed by atoms with van der Waals surface area (Å²) in [5, 5.41) is 0. The molecule has 0 atom stereocenters. The molecule has 0 aliphatic carbocycles. The molecule has 0 radical (unpaired) electrons. The number of hydrogen-bond acceptors (Lipinski definition) is 3. The molecule has 0 spiro atoms. The van der Waals surface area contributed by atoms with Gasteiger partial charge >= 0.3 is 5.69 Å². The van der Waals surface area contributed by atoms with Crippen LogP contribution in [0.3, 0.4) is 0 Å². The second-order valence-corrected chi connectivity index (χ2v) is 3.29. The Morgan fingerprint density at radius 1 is 1.67 bits per heavy atom. The van der Waals surface area contributed by atoms with Crippen molar-refractivity contribution in [3.05, 3.63) is 28.9 Å². The van der Waals surface area contributed by atoms with Gasteiger partial charge in [0.25, 0.3) is 0 Å². The van der Waals surface area contributed by atoms with Gasteiger partial charge in [-0.3, -0.25) is 4.57 Å². The molecule has 66 valence electrons. The number of rotatable bonds is 2. The lowest BCUT2D eigenvalue weighted by atomic mass is 10.1. The van der Waals surface area contributed by atoms with E-state index in [9.17, 15) is 4.79 Å². The van der Waals surface area contributed by atoms with Gasteiger partial charge < -0.3 is 5.73 Å². The fourth-order valence-corrected chi connectivity index (χ4v) is 0.916. The summed E-state index contributed by atoms with van der Waals surface area (Å²) in [6, 6.07) is 1.72. The molecular formula is C8H13N3O. The zero-order valence-electron chi connectivity index (χ0n) is 7.32. The average molecular weight is 167 g/mol. The maximum atomic E-state index is 11.2. The SMILES string of the molecule is CC(C)(CN)n1cccnc1=O. The first kappa shape index (κ1) is 8.93. The van der Waals surface area contributed by atoms with Crippen molar-refractivity contribution in [1.29, 1.82) is 0 Å². The molecule has 4 heteroatoms. The Labute approximate surface area is 71.0 Å². The van der Waals surface area contributed by atoms with Crippen LogP contribution < -0.4 is 11.4 Å². The molecule has 1 rings (SSSR count). The van der Waals surface area contributed by atoms with Gasteiger partial charge in [-0.1, -0.05) is 0 Å². The Morgan fingerprint density at radius 2 is 2.33 bits per heavy atom. The highest BCUT2D eigenvalue weighted by molar-refractivity contribution is 4.89. The molecule has 4 nitrogen and oxygen atoms in total. The molecule has 2 N–H and O–H groups in total. The summed E-state index contributed by atoms with van der Waals surface area (Å²) < 4.78 is 1.53. The molecule has 0 fully saturated rings. The third kappa shape index (κ3) is 1.53. The lowest BCUT2D eigenvalue weighted by Crippen LogP contribution is -2.42. The van der Waals surface area contributed by atoms with Crippen LogP contribution >= 0.6 is 0 Å². The van der Waals surface area contributed by atoms with Crippen molar-refractivity contribution in [2.24, 2.45) is 5.73 Å². The minimum absolute atomic E-state index is 0.257. The van der Waals surface area contributed by atoms with E-state index < -0.39 is 0 Å². The molecule has 0 saturated heterocycles. The smallest absolute Gasteiger partial charge is 0.328 e. The number of nitrogens with two attached hydrogens (primary N) is 1. The van der Waals surface area contributed by atoms with Gasteiger partial charge in [-0.2, -0.15) is 0 Å². The lowest BCUT2D eigenvalue weighted by molar-refractivity contribution is 0.350. The Hall–Kier alpha value is -1.16. The van der Waals surface area contributed by atoms with Gasteiger partial charge in [0, 0.05) is 18.9 Å². The van der Waals surface area contributed by atoms with Crippen LogP contribution in [0.1, 0.15) is 13.8 Å². The highest BCUT2D eigenvalue weighted by Gasteiger charge is 2.18. The van der Waals surface area contributed by atoms with E-state index in [0.29, 0.717) is 6.54 Å². The maximum absolute atomic E-state index is 11.2. The van der Waals surface area contributed by atoms with E-state index in [1.165, 1.54) is 10.8 Å². The molecular weight excluding hydrogens is 154 g/mol. The molecule has 1 aromatic rings. The zero-order valence-corrected chi connectivity index (χ0v) is 7.32. The molecule has 0 saturated carbocycles. The quantitative estimate of drug-likeness (QED) is 0.671. The Kier molecular flexibility index (Phi) is 2.28. The lowest BCUT2D eigenvalue weighted by Gasteiger charge is -2.24. The maximum Gasteiger partial charge on any atom is 0.348 e. The van der Waals surface area contributed by atoms with Gasteiger partial charge in [0.15, 0.2) is 0 Å². The van der Waals surface area contributed by atoms with Crippen molar-refractivity contribution >= 4 is 0 Å². The van der Waals surface area contributed by atoms with E-state index in [4.69, 9.17) is 5.73 Å². The summed E-state index contributed by atoms with van der Waals surface area (Å²) in [6.07, 6.45) is 3.17. The van der Waals surface area contributed by atoms with Gasteiger partial charge in [-0.25, -0.2) is 9.78 Å². The van der Waals surface area contributed by atoms with Crippen molar-refractivity contribution in [3.8, 4) is 0 Å². The summed E-state index contributed by atoms with van der Waals surface area (Å²) in [4.78, 5) is 14.9. The summed E-state index contributed by atoms with van der Waals surface area (Å²) >= 11 is 0. The molecule has 0 aromatic carbocycles. The third-order valence-corrected chi connectivity index (χ3v) is 1.86. The standard InChI is InChI=1S/C8H13N3O/c1-8(2,6-9)11-5-3-4-10-7(11)12/h3-5H,6,9H2,1-2H3. The van der Waals surface area contributed by atoms with Crippen LogP contribution in [0.25, 0.3) is 0 Å². The van der Waals surface area contributed by atoms with Gasteiger partial charge in [0.1, 0.15) is 0 Å². The number of aromatic nitrogens is 2. The Morgan fingerprint density at radius 3 is 2.83 bits per heavy atom. The normalized spacial score (nSPS) is 11.6. The first-order chi connectivity index (χ1) is 5.58. The summed E-state index contributed by atoms with van der Waals surface area (Å²) in [7, 11) is 0. The van der Waals surface area contributed by atoms with Gasteiger partial charge in [0.05, 0.1) is 5.54 Å². The zero-order chi connectivity index (χ0) is 9.19. The predicted octanol–water partition coefficient (Wildman–Crippen LogP) is -0.0629. The fourth-order valence-electron chi connectivity index (χ4n) is 0.916. The molecule has 0 amide bonds. The minimum atomic E-state index is -0.356. The van der Waals surface area contributed by atoms with Crippen molar-refractivity contribution in [2.75, 3.05) is 6.54 Å². The second-order valence-electron chi connectivity index (χ2n) is 3.29. The van der Waals surface area contributed by atoms with Crippen LogP contribution in [-0.4, -0.2) is 16.1 Å². The van der Waals surface area contributed by atoms with Crippen molar-refractivity contribution < 1.29 is 0 Å². The van der Waals surface area contributed by atoms with Gasteiger partial charge in [0.2, 0.25) is 0 Å². The van der Waals surface area contributed by atoms with Crippen LogP contribution in [0.15, 0.2) is 23.3 Å². The largest absolute Gasteiger partial charge is 0.348 e. The fraction of sp³-hybridized carbons (Fsp3) is 0.500. The average Bonchev–Trinajstić information content (AvgIpc) is 2.05. The molecule has 0 bridgehead atoms. The highest BCUT2D eigenvalue weighted by atomic mass is 16.1. The first-order valence-electron chi connectivity index (χ1n) is 3.82. The van der Waals surface area contributed by atoms with E-state index in [1.807, 2.05) is 13.8 Å². The van der Waals surface area contributed by atoms with E-state index in [0.717, 1.165) is 0 Å².